The molecule has 3 rings (SSSR count). The minimum Gasteiger partial charge on any atom is -0.350 e. The van der Waals surface area contributed by atoms with Crippen molar-refractivity contribution in [3.05, 3.63) is 10.4 Å². The van der Waals surface area contributed by atoms with E-state index in [1.165, 1.54) is 0 Å². The second-order valence-corrected chi connectivity index (χ2v) is 6.73. The second kappa shape index (κ2) is 6.18. The van der Waals surface area contributed by atoms with Gasteiger partial charge in [0.15, 0.2) is 17.9 Å². The summed E-state index contributed by atoms with van der Waals surface area (Å²) in [5, 5.41) is 3.45. The molecule has 9 nitrogen and oxygen atoms in total. The highest BCUT2D eigenvalue weighted by atomic mass is 16.8. The Balaban J connectivity index is 1.73. The van der Waals surface area contributed by atoms with E-state index in [9.17, 15) is 0 Å². The Labute approximate surface area is 134 Å². The molecule has 5 atom stereocenters. The van der Waals surface area contributed by atoms with Crippen LogP contribution in [0.15, 0.2) is 5.11 Å². The Bertz CT molecular complexity index is 493. The summed E-state index contributed by atoms with van der Waals surface area (Å²) in [7, 11) is 0. The fourth-order valence-electron chi connectivity index (χ4n) is 3.13. The highest BCUT2D eigenvalue weighted by molar-refractivity contribution is 4.99. The topological polar surface area (TPSA) is 104 Å². The van der Waals surface area contributed by atoms with Crippen LogP contribution < -0.4 is 0 Å². The van der Waals surface area contributed by atoms with Crippen LogP contribution in [-0.2, 0) is 28.4 Å². The van der Waals surface area contributed by atoms with Crippen molar-refractivity contribution in [1.82, 2.24) is 0 Å². The molecule has 0 amide bonds. The van der Waals surface area contributed by atoms with E-state index in [2.05, 4.69) is 10.0 Å². The zero-order valence-corrected chi connectivity index (χ0v) is 13.8. The molecule has 3 aliphatic heterocycles. The van der Waals surface area contributed by atoms with Crippen molar-refractivity contribution in [3.8, 4) is 0 Å². The molecule has 0 aliphatic carbocycles. The van der Waals surface area contributed by atoms with Gasteiger partial charge in [-0.3, -0.25) is 0 Å². The van der Waals surface area contributed by atoms with E-state index in [1.54, 1.807) is 0 Å². The molecule has 0 bridgehead atoms. The van der Waals surface area contributed by atoms with Crippen molar-refractivity contribution in [3.63, 3.8) is 0 Å². The summed E-state index contributed by atoms with van der Waals surface area (Å²) in [6.45, 7) is 8.28. The lowest BCUT2D eigenvalue weighted by Gasteiger charge is -2.48. The Morgan fingerprint density at radius 1 is 1.09 bits per heavy atom. The molecule has 0 spiro atoms. The van der Waals surface area contributed by atoms with Crippen molar-refractivity contribution in [1.29, 1.82) is 0 Å². The highest BCUT2D eigenvalue weighted by Gasteiger charge is 2.58. The summed E-state index contributed by atoms with van der Waals surface area (Å²) in [6.07, 6.45) is -1.93. The van der Waals surface area contributed by atoms with Gasteiger partial charge in [0.25, 0.3) is 0 Å². The Hall–Kier alpha value is -0.930. The molecule has 0 aromatic heterocycles. The predicted octanol–water partition coefficient (Wildman–Crippen LogP) is 1.71. The van der Waals surface area contributed by atoms with Gasteiger partial charge in [0.1, 0.15) is 24.4 Å². The van der Waals surface area contributed by atoms with Gasteiger partial charge < -0.3 is 28.4 Å². The van der Waals surface area contributed by atoms with Crippen LogP contribution in [0.4, 0.5) is 0 Å². The van der Waals surface area contributed by atoms with Crippen LogP contribution in [0, 0.1) is 0 Å². The average Bonchev–Trinajstić information content (AvgIpc) is 2.79. The number of fused-ring (bicyclic) bond motifs is 3. The molecule has 3 fully saturated rings. The molecule has 3 heterocycles. The lowest BCUT2D eigenvalue weighted by atomic mass is 9.97. The van der Waals surface area contributed by atoms with Crippen LogP contribution in [-0.4, -0.2) is 62.0 Å². The monoisotopic (exact) mass is 329 g/mol. The average molecular weight is 329 g/mol. The van der Waals surface area contributed by atoms with Crippen molar-refractivity contribution >= 4 is 0 Å². The van der Waals surface area contributed by atoms with E-state index in [0.717, 1.165) is 0 Å². The minimum absolute atomic E-state index is 0.228. The Morgan fingerprint density at radius 3 is 2.52 bits per heavy atom. The first-order valence-corrected chi connectivity index (χ1v) is 7.77. The zero-order valence-electron chi connectivity index (χ0n) is 13.8. The number of nitrogens with zero attached hydrogens (tertiary/aromatic N) is 3. The van der Waals surface area contributed by atoms with Gasteiger partial charge in [-0.15, -0.1) is 0 Å². The van der Waals surface area contributed by atoms with E-state index < -0.39 is 24.0 Å². The molecular formula is C14H23N3O6. The van der Waals surface area contributed by atoms with Crippen LogP contribution >= 0.6 is 0 Å². The Morgan fingerprint density at radius 2 is 1.78 bits per heavy atom. The molecule has 0 unspecified atom stereocenters. The van der Waals surface area contributed by atoms with Crippen LogP contribution in [0.5, 0.6) is 0 Å². The van der Waals surface area contributed by atoms with E-state index in [0.29, 0.717) is 6.61 Å². The van der Waals surface area contributed by atoms with Gasteiger partial charge in [-0.2, -0.15) is 0 Å². The van der Waals surface area contributed by atoms with E-state index in [-0.39, 0.29) is 31.5 Å². The maximum atomic E-state index is 8.32. The molecule has 0 saturated carbocycles. The van der Waals surface area contributed by atoms with Crippen molar-refractivity contribution in [2.45, 2.75) is 70.0 Å². The van der Waals surface area contributed by atoms with Crippen LogP contribution in [0.2, 0.25) is 0 Å². The molecule has 0 aromatic carbocycles. The van der Waals surface area contributed by atoms with Crippen molar-refractivity contribution in [2.75, 3.05) is 19.8 Å². The first-order chi connectivity index (χ1) is 10.8. The maximum absolute atomic E-state index is 8.32. The number of hydrogen-bond donors (Lipinski definition) is 0. The number of ether oxygens (including phenoxy) is 6. The van der Waals surface area contributed by atoms with Gasteiger partial charge in [0.2, 0.25) is 0 Å². The van der Waals surface area contributed by atoms with Crippen LogP contribution in [0.1, 0.15) is 27.7 Å². The van der Waals surface area contributed by atoms with Gasteiger partial charge in [0, 0.05) is 11.5 Å². The van der Waals surface area contributed by atoms with Crippen molar-refractivity contribution in [2.24, 2.45) is 5.11 Å². The lowest BCUT2D eigenvalue weighted by Crippen LogP contribution is -2.63. The van der Waals surface area contributed by atoms with E-state index >= 15 is 0 Å². The third-order valence-electron chi connectivity index (χ3n) is 3.98. The SMILES string of the molecule is CC1(C)O[C@@H]2[C@H](O1)[C@@H](OCCN=[N+]=[N-])O[C@@H]1COC(C)(C)O[C@@H]21. The summed E-state index contributed by atoms with van der Waals surface area (Å²) in [6, 6.07) is 0. The van der Waals surface area contributed by atoms with Gasteiger partial charge in [-0.1, -0.05) is 5.11 Å². The molecular weight excluding hydrogens is 306 g/mol. The first kappa shape index (κ1) is 16.9. The number of rotatable bonds is 4. The Kier molecular flexibility index (Phi) is 4.54. The predicted molar refractivity (Wildman–Crippen MR) is 77.4 cm³/mol. The molecule has 23 heavy (non-hydrogen) atoms. The van der Waals surface area contributed by atoms with Crippen LogP contribution in [0.3, 0.4) is 0 Å². The normalized spacial score (nSPS) is 40.8. The van der Waals surface area contributed by atoms with Gasteiger partial charge in [0.05, 0.1) is 13.2 Å². The lowest BCUT2D eigenvalue weighted by molar-refractivity contribution is -0.370. The highest BCUT2D eigenvalue weighted by Crippen LogP contribution is 2.42. The smallest absolute Gasteiger partial charge is 0.187 e. The van der Waals surface area contributed by atoms with Gasteiger partial charge >= 0.3 is 0 Å². The largest absolute Gasteiger partial charge is 0.350 e. The summed E-state index contributed by atoms with van der Waals surface area (Å²) in [5.41, 5.74) is 8.32. The van der Waals surface area contributed by atoms with Gasteiger partial charge in [-0.25, -0.2) is 0 Å². The molecule has 0 N–H and O–H groups in total. The molecule has 0 aromatic rings. The molecule has 9 heteroatoms. The molecule has 3 saturated heterocycles. The number of azide groups is 1. The van der Waals surface area contributed by atoms with Crippen molar-refractivity contribution < 1.29 is 28.4 Å². The summed E-state index contributed by atoms with van der Waals surface area (Å²) < 4.78 is 35.3. The number of hydrogen-bond acceptors (Lipinski definition) is 7. The summed E-state index contributed by atoms with van der Waals surface area (Å²) >= 11 is 0. The van der Waals surface area contributed by atoms with E-state index in [4.69, 9.17) is 34.0 Å². The first-order valence-electron chi connectivity index (χ1n) is 7.77. The second-order valence-electron chi connectivity index (χ2n) is 6.73. The van der Waals surface area contributed by atoms with E-state index in [1.807, 2.05) is 27.7 Å². The quantitative estimate of drug-likeness (QED) is 0.336. The maximum Gasteiger partial charge on any atom is 0.187 e. The summed E-state index contributed by atoms with van der Waals surface area (Å²) in [5.74, 6) is -1.44. The van der Waals surface area contributed by atoms with Crippen LogP contribution in [0.25, 0.3) is 10.4 Å². The molecule has 0 radical (unpaired) electrons. The third kappa shape index (κ3) is 3.61. The zero-order chi connectivity index (χ0) is 16.7. The van der Waals surface area contributed by atoms with Gasteiger partial charge in [-0.05, 0) is 33.2 Å². The fraction of sp³-hybridized carbons (Fsp3) is 1.00. The summed E-state index contributed by atoms with van der Waals surface area (Å²) in [4.78, 5) is 2.70. The third-order valence-corrected chi connectivity index (χ3v) is 3.98. The standard InChI is InChI=1S/C14H23N3O6/c1-13(2)19-7-8-9(21-13)10-11(23-14(3,4)22-10)12(20-8)18-6-5-16-17-15/h8-12H,5-7H2,1-4H3/t8-,9-,10+,11+,12+/m1/s1. The molecule has 130 valence electrons. The molecule has 3 aliphatic rings. The fourth-order valence-corrected chi connectivity index (χ4v) is 3.13. The minimum atomic E-state index is -0.744.